The summed E-state index contributed by atoms with van der Waals surface area (Å²) in [6, 6.07) is 10.7. The van der Waals surface area contributed by atoms with Gasteiger partial charge in [-0.2, -0.15) is 0 Å². The average Bonchev–Trinajstić information content (AvgIpc) is 2.86. The minimum atomic E-state index is -0.200. The van der Waals surface area contributed by atoms with Crippen molar-refractivity contribution >= 4 is 17.3 Å². The fourth-order valence-electron chi connectivity index (χ4n) is 2.08. The number of amides is 1. The molecular weight excluding hydrogens is 256 g/mol. The van der Waals surface area contributed by atoms with Crippen LogP contribution >= 0.6 is 0 Å². The number of fused-ring (bicyclic) bond motifs is 1. The van der Waals surface area contributed by atoms with Crippen LogP contribution in [0.3, 0.4) is 0 Å². The first-order valence-corrected chi connectivity index (χ1v) is 6.21. The van der Waals surface area contributed by atoms with E-state index in [4.69, 9.17) is 15.2 Å². The fourth-order valence-corrected chi connectivity index (χ4v) is 2.08. The molecular formula is C15H14N2O3. The van der Waals surface area contributed by atoms with E-state index in [9.17, 15) is 4.79 Å². The molecule has 1 aliphatic rings. The number of carbonyl (C=O) groups excluding carboxylic acids is 1. The molecule has 3 rings (SSSR count). The topological polar surface area (TPSA) is 73.6 Å². The van der Waals surface area contributed by atoms with Crippen LogP contribution in [0.4, 0.5) is 11.4 Å². The summed E-state index contributed by atoms with van der Waals surface area (Å²) in [5.74, 6) is 0.976. The number of ether oxygens (including phenoxy) is 2. The SMILES string of the molecule is Cc1ccccc1C(=O)Nc1cc2c(cc1N)OCO2. The van der Waals surface area contributed by atoms with Gasteiger partial charge in [-0.05, 0) is 18.6 Å². The highest BCUT2D eigenvalue weighted by Gasteiger charge is 2.18. The van der Waals surface area contributed by atoms with Crippen molar-refractivity contribution in [2.24, 2.45) is 0 Å². The smallest absolute Gasteiger partial charge is 0.255 e. The Morgan fingerprint density at radius 3 is 2.65 bits per heavy atom. The molecule has 0 saturated carbocycles. The summed E-state index contributed by atoms with van der Waals surface area (Å²) >= 11 is 0. The molecule has 0 fully saturated rings. The lowest BCUT2D eigenvalue weighted by Gasteiger charge is -2.10. The Morgan fingerprint density at radius 1 is 1.20 bits per heavy atom. The highest BCUT2D eigenvalue weighted by molar-refractivity contribution is 6.06. The van der Waals surface area contributed by atoms with Crippen LogP contribution in [-0.2, 0) is 0 Å². The van der Waals surface area contributed by atoms with Gasteiger partial charge >= 0.3 is 0 Å². The second kappa shape index (κ2) is 4.77. The van der Waals surface area contributed by atoms with Gasteiger partial charge in [0.05, 0.1) is 11.4 Å². The Hall–Kier alpha value is -2.69. The van der Waals surface area contributed by atoms with Gasteiger partial charge in [-0.3, -0.25) is 4.79 Å². The summed E-state index contributed by atoms with van der Waals surface area (Å²) in [7, 11) is 0. The number of hydrogen-bond acceptors (Lipinski definition) is 4. The van der Waals surface area contributed by atoms with Crippen LogP contribution in [0, 0.1) is 6.92 Å². The molecule has 3 N–H and O–H groups in total. The normalized spacial score (nSPS) is 12.2. The maximum Gasteiger partial charge on any atom is 0.255 e. The standard InChI is InChI=1S/C15H14N2O3/c1-9-4-2-3-5-10(9)15(18)17-12-7-14-13(6-11(12)16)19-8-20-14/h2-7H,8,16H2,1H3,(H,17,18). The van der Waals surface area contributed by atoms with Crippen molar-refractivity contribution in [3.8, 4) is 11.5 Å². The molecule has 0 radical (unpaired) electrons. The van der Waals surface area contributed by atoms with E-state index in [-0.39, 0.29) is 12.7 Å². The molecule has 5 heteroatoms. The van der Waals surface area contributed by atoms with Crippen molar-refractivity contribution in [1.82, 2.24) is 0 Å². The predicted octanol–water partition coefficient (Wildman–Crippen LogP) is 2.56. The Morgan fingerprint density at radius 2 is 1.90 bits per heavy atom. The lowest BCUT2D eigenvalue weighted by molar-refractivity contribution is 0.102. The second-order valence-corrected chi connectivity index (χ2v) is 4.56. The summed E-state index contributed by atoms with van der Waals surface area (Å²) in [6.45, 7) is 2.06. The Bertz CT molecular complexity index is 683. The van der Waals surface area contributed by atoms with Crippen LogP contribution in [0.2, 0.25) is 0 Å². The summed E-state index contributed by atoms with van der Waals surface area (Å²) in [5.41, 5.74) is 8.39. The third kappa shape index (κ3) is 2.14. The monoisotopic (exact) mass is 270 g/mol. The number of nitrogen functional groups attached to an aromatic ring is 1. The quantitative estimate of drug-likeness (QED) is 0.822. The van der Waals surface area contributed by atoms with Crippen molar-refractivity contribution in [3.63, 3.8) is 0 Å². The molecule has 20 heavy (non-hydrogen) atoms. The molecule has 5 nitrogen and oxygen atoms in total. The van der Waals surface area contributed by atoms with Crippen LogP contribution in [0.15, 0.2) is 36.4 Å². The summed E-state index contributed by atoms with van der Waals surface area (Å²) in [5, 5.41) is 2.80. The number of benzene rings is 2. The van der Waals surface area contributed by atoms with Gasteiger partial charge in [0, 0.05) is 17.7 Å². The molecule has 0 saturated heterocycles. The molecule has 0 aliphatic carbocycles. The molecule has 0 unspecified atom stereocenters. The van der Waals surface area contributed by atoms with E-state index < -0.39 is 0 Å². The molecule has 1 heterocycles. The van der Waals surface area contributed by atoms with Crippen LogP contribution in [0.5, 0.6) is 11.5 Å². The summed E-state index contributed by atoms with van der Waals surface area (Å²) < 4.78 is 10.5. The average molecular weight is 270 g/mol. The first-order valence-electron chi connectivity index (χ1n) is 6.21. The van der Waals surface area contributed by atoms with E-state index in [1.807, 2.05) is 25.1 Å². The number of nitrogens with two attached hydrogens (primary N) is 1. The molecule has 0 atom stereocenters. The van der Waals surface area contributed by atoms with Crippen LogP contribution in [-0.4, -0.2) is 12.7 Å². The minimum Gasteiger partial charge on any atom is -0.454 e. The summed E-state index contributed by atoms with van der Waals surface area (Å²) in [4.78, 5) is 12.2. The number of rotatable bonds is 2. The minimum absolute atomic E-state index is 0.171. The van der Waals surface area contributed by atoms with E-state index in [1.165, 1.54) is 0 Å². The molecule has 102 valence electrons. The first-order chi connectivity index (χ1) is 9.65. The maximum atomic E-state index is 12.2. The van der Waals surface area contributed by atoms with Gasteiger partial charge < -0.3 is 20.5 Å². The molecule has 1 amide bonds. The van der Waals surface area contributed by atoms with Crippen molar-refractivity contribution < 1.29 is 14.3 Å². The van der Waals surface area contributed by atoms with Gasteiger partial charge in [0.2, 0.25) is 6.79 Å². The molecule has 0 bridgehead atoms. The van der Waals surface area contributed by atoms with Crippen LogP contribution in [0.1, 0.15) is 15.9 Å². The maximum absolute atomic E-state index is 12.2. The zero-order valence-corrected chi connectivity index (χ0v) is 11.0. The van der Waals surface area contributed by atoms with E-state index in [0.29, 0.717) is 28.4 Å². The third-order valence-electron chi connectivity index (χ3n) is 3.18. The number of hydrogen-bond donors (Lipinski definition) is 2. The van der Waals surface area contributed by atoms with E-state index >= 15 is 0 Å². The zero-order valence-electron chi connectivity index (χ0n) is 11.0. The molecule has 0 aromatic heterocycles. The van der Waals surface area contributed by atoms with E-state index in [0.717, 1.165) is 5.56 Å². The molecule has 0 spiro atoms. The van der Waals surface area contributed by atoms with Gasteiger partial charge in [-0.1, -0.05) is 18.2 Å². The highest BCUT2D eigenvalue weighted by atomic mass is 16.7. The van der Waals surface area contributed by atoms with Crippen LogP contribution in [0.25, 0.3) is 0 Å². The van der Waals surface area contributed by atoms with Gasteiger partial charge in [0.15, 0.2) is 11.5 Å². The van der Waals surface area contributed by atoms with Gasteiger partial charge in [0.1, 0.15) is 0 Å². The number of aryl methyl sites for hydroxylation is 1. The fraction of sp³-hybridized carbons (Fsp3) is 0.133. The third-order valence-corrected chi connectivity index (χ3v) is 3.18. The van der Waals surface area contributed by atoms with Crippen molar-refractivity contribution in [1.29, 1.82) is 0 Å². The molecule has 1 aliphatic heterocycles. The van der Waals surface area contributed by atoms with Crippen molar-refractivity contribution in [2.75, 3.05) is 17.8 Å². The highest BCUT2D eigenvalue weighted by Crippen LogP contribution is 2.38. The largest absolute Gasteiger partial charge is 0.454 e. The van der Waals surface area contributed by atoms with Gasteiger partial charge in [0.25, 0.3) is 5.91 Å². The second-order valence-electron chi connectivity index (χ2n) is 4.56. The number of nitrogens with one attached hydrogen (secondary N) is 1. The Balaban J connectivity index is 1.88. The van der Waals surface area contributed by atoms with E-state index in [2.05, 4.69) is 5.32 Å². The van der Waals surface area contributed by atoms with Crippen LogP contribution < -0.4 is 20.5 Å². The molecule has 2 aromatic rings. The molecule has 2 aromatic carbocycles. The lowest BCUT2D eigenvalue weighted by atomic mass is 10.1. The van der Waals surface area contributed by atoms with Crippen molar-refractivity contribution in [2.45, 2.75) is 6.92 Å². The Labute approximate surface area is 116 Å². The Kier molecular flexibility index (Phi) is 2.95. The van der Waals surface area contributed by atoms with Crippen molar-refractivity contribution in [3.05, 3.63) is 47.5 Å². The lowest BCUT2D eigenvalue weighted by Crippen LogP contribution is -2.14. The number of carbonyl (C=O) groups is 1. The first kappa shape index (κ1) is 12.3. The number of anilines is 2. The van der Waals surface area contributed by atoms with Gasteiger partial charge in [-0.15, -0.1) is 0 Å². The van der Waals surface area contributed by atoms with E-state index in [1.54, 1.807) is 18.2 Å². The summed E-state index contributed by atoms with van der Waals surface area (Å²) in [6.07, 6.45) is 0. The zero-order chi connectivity index (χ0) is 14.1. The predicted molar refractivity (Wildman–Crippen MR) is 76.1 cm³/mol. The van der Waals surface area contributed by atoms with Gasteiger partial charge in [-0.25, -0.2) is 0 Å².